The maximum Gasteiger partial charge on any atom is 0.162 e. The lowest BCUT2D eigenvalue weighted by Gasteiger charge is -2.01. The molecule has 1 aromatic carbocycles. The zero-order chi connectivity index (χ0) is 11.8. The minimum atomic E-state index is -0.336. The summed E-state index contributed by atoms with van der Waals surface area (Å²) < 4.78 is 12.9. The molecule has 0 saturated heterocycles. The van der Waals surface area contributed by atoms with E-state index in [4.69, 9.17) is 0 Å². The maximum atomic E-state index is 12.9. The van der Waals surface area contributed by atoms with Crippen LogP contribution in [-0.2, 0) is 0 Å². The topological polar surface area (TPSA) is 17.1 Å². The van der Waals surface area contributed by atoms with Crippen molar-refractivity contribution in [2.75, 3.05) is 0 Å². The number of hydrogen-bond donors (Lipinski definition) is 0. The third-order valence-corrected chi connectivity index (χ3v) is 2.65. The van der Waals surface area contributed by atoms with Crippen LogP contribution in [0, 0.1) is 5.82 Å². The SMILES string of the molecule is CCCCCCCC(=O)c1cccc(F)c1. The van der Waals surface area contributed by atoms with Crippen molar-refractivity contribution in [2.24, 2.45) is 0 Å². The molecule has 1 rings (SSSR count). The van der Waals surface area contributed by atoms with Crippen molar-refractivity contribution in [2.45, 2.75) is 45.4 Å². The Labute approximate surface area is 96.7 Å². The van der Waals surface area contributed by atoms with Gasteiger partial charge in [0, 0.05) is 12.0 Å². The van der Waals surface area contributed by atoms with Gasteiger partial charge in [-0.2, -0.15) is 0 Å². The van der Waals surface area contributed by atoms with E-state index >= 15 is 0 Å². The van der Waals surface area contributed by atoms with E-state index in [1.54, 1.807) is 12.1 Å². The number of hydrogen-bond acceptors (Lipinski definition) is 1. The van der Waals surface area contributed by atoms with Gasteiger partial charge in [0.05, 0.1) is 0 Å². The van der Waals surface area contributed by atoms with E-state index in [1.807, 2.05) is 0 Å². The van der Waals surface area contributed by atoms with Crippen LogP contribution in [0.2, 0.25) is 0 Å². The van der Waals surface area contributed by atoms with Crippen molar-refractivity contribution < 1.29 is 9.18 Å². The van der Waals surface area contributed by atoms with Gasteiger partial charge < -0.3 is 0 Å². The molecule has 0 bridgehead atoms. The van der Waals surface area contributed by atoms with Crippen molar-refractivity contribution in [3.63, 3.8) is 0 Å². The molecule has 0 aliphatic rings. The van der Waals surface area contributed by atoms with Crippen LogP contribution in [-0.4, -0.2) is 5.78 Å². The van der Waals surface area contributed by atoms with Crippen molar-refractivity contribution in [3.8, 4) is 0 Å². The normalized spacial score (nSPS) is 10.4. The highest BCUT2D eigenvalue weighted by atomic mass is 19.1. The molecular weight excluding hydrogens is 203 g/mol. The average Bonchev–Trinajstić information content (AvgIpc) is 2.28. The molecule has 0 N–H and O–H groups in total. The highest BCUT2D eigenvalue weighted by Gasteiger charge is 2.05. The van der Waals surface area contributed by atoms with E-state index in [0.29, 0.717) is 12.0 Å². The molecule has 0 unspecified atom stereocenters. The Bertz CT molecular complexity index is 333. The molecule has 0 saturated carbocycles. The van der Waals surface area contributed by atoms with Crippen LogP contribution in [0.4, 0.5) is 4.39 Å². The monoisotopic (exact) mass is 222 g/mol. The summed E-state index contributed by atoms with van der Waals surface area (Å²) in [5.74, 6) is -0.284. The quantitative estimate of drug-likeness (QED) is 0.494. The Morgan fingerprint density at radius 2 is 1.94 bits per heavy atom. The standard InChI is InChI=1S/C14H19FO/c1-2-3-4-5-6-10-14(16)12-8-7-9-13(15)11-12/h7-9,11H,2-6,10H2,1H3. The first-order chi connectivity index (χ1) is 7.74. The molecule has 88 valence electrons. The van der Waals surface area contributed by atoms with Crippen molar-refractivity contribution in [3.05, 3.63) is 35.6 Å². The van der Waals surface area contributed by atoms with E-state index < -0.39 is 0 Å². The number of carbonyl (C=O) groups excluding carboxylic acids is 1. The van der Waals surface area contributed by atoms with Gasteiger partial charge in [0.25, 0.3) is 0 Å². The van der Waals surface area contributed by atoms with Crippen LogP contribution < -0.4 is 0 Å². The summed E-state index contributed by atoms with van der Waals surface area (Å²) in [5, 5.41) is 0. The van der Waals surface area contributed by atoms with Gasteiger partial charge in [0.2, 0.25) is 0 Å². The number of unbranched alkanes of at least 4 members (excludes halogenated alkanes) is 4. The van der Waals surface area contributed by atoms with Crippen LogP contribution in [0.5, 0.6) is 0 Å². The molecule has 0 aromatic heterocycles. The number of benzene rings is 1. The predicted octanol–water partition coefficient (Wildman–Crippen LogP) is 4.37. The molecule has 0 atom stereocenters. The van der Waals surface area contributed by atoms with Gasteiger partial charge in [-0.1, -0.05) is 44.7 Å². The highest BCUT2D eigenvalue weighted by Crippen LogP contribution is 2.11. The summed E-state index contributed by atoms with van der Waals surface area (Å²) in [7, 11) is 0. The van der Waals surface area contributed by atoms with E-state index in [9.17, 15) is 9.18 Å². The van der Waals surface area contributed by atoms with E-state index in [0.717, 1.165) is 12.8 Å². The summed E-state index contributed by atoms with van der Waals surface area (Å²) in [6, 6.07) is 5.93. The van der Waals surface area contributed by atoms with Crippen LogP contribution in [0.15, 0.2) is 24.3 Å². The second kappa shape index (κ2) is 7.15. The Balaban J connectivity index is 2.30. The molecule has 0 radical (unpaired) electrons. The van der Waals surface area contributed by atoms with Crippen molar-refractivity contribution in [1.29, 1.82) is 0 Å². The molecule has 0 aliphatic carbocycles. The molecule has 1 nitrogen and oxygen atoms in total. The van der Waals surface area contributed by atoms with Gasteiger partial charge in [-0.05, 0) is 18.6 Å². The first kappa shape index (κ1) is 12.9. The number of ketones is 1. The van der Waals surface area contributed by atoms with Crippen LogP contribution in [0.1, 0.15) is 55.8 Å². The van der Waals surface area contributed by atoms with Crippen molar-refractivity contribution >= 4 is 5.78 Å². The van der Waals surface area contributed by atoms with Crippen molar-refractivity contribution in [1.82, 2.24) is 0 Å². The summed E-state index contributed by atoms with van der Waals surface area (Å²) >= 11 is 0. The maximum absolute atomic E-state index is 12.9. The Hall–Kier alpha value is -1.18. The van der Waals surface area contributed by atoms with Crippen LogP contribution in [0.25, 0.3) is 0 Å². The van der Waals surface area contributed by atoms with E-state index in [-0.39, 0.29) is 11.6 Å². The third kappa shape index (κ3) is 4.56. The second-order valence-corrected chi connectivity index (χ2v) is 4.10. The molecular formula is C14H19FO. The summed E-state index contributed by atoms with van der Waals surface area (Å²) in [6.45, 7) is 2.16. The minimum Gasteiger partial charge on any atom is -0.294 e. The lowest BCUT2D eigenvalue weighted by atomic mass is 10.0. The van der Waals surface area contributed by atoms with E-state index in [1.165, 1.54) is 31.4 Å². The molecule has 0 aliphatic heterocycles. The Morgan fingerprint density at radius 1 is 1.19 bits per heavy atom. The van der Waals surface area contributed by atoms with Crippen LogP contribution in [0.3, 0.4) is 0 Å². The average molecular weight is 222 g/mol. The molecule has 16 heavy (non-hydrogen) atoms. The summed E-state index contributed by atoms with van der Waals surface area (Å²) in [6.07, 6.45) is 6.16. The largest absolute Gasteiger partial charge is 0.294 e. The Kier molecular flexibility index (Phi) is 5.76. The molecule has 0 fully saturated rings. The summed E-state index contributed by atoms with van der Waals surface area (Å²) in [5.41, 5.74) is 0.496. The van der Waals surface area contributed by atoms with Gasteiger partial charge in [-0.3, -0.25) is 4.79 Å². The van der Waals surface area contributed by atoms with Gasteiger partial charge >= 0.3 is 0 Å². The molecule has 2 heteroatoms. The number of rotatable bonds is 7. The first-order valence-corrected chi connectivity index (χ1v) is 6.03. The fraction of sp³-hybridized carbons (Fsp3) is 0.500. The number of carbonyl (C=O) groups is 1. The lowest BCUT2D eigenvalue weighted by molar-refractivity contribution is 0.0978. The minimum absolute atomic E-state index is 0.0519. The Morgan fingerprint density at radius 3 is 2.62 bits per heavy atom. The number of halogens is 1. The molecule has 1 aromatic rings. The fourth-order valence-electron chi connectivity index (χ4n) is 1.70. The van der Waals surface area contributed by atoms with Gasteiger partial charge in [0.1, 0.15) is 5.82 Å². The summed E-state index contributed by atoms with van der Waals surface area (Å²) in [4.78, 5) is 11.7. The van der Waals surface area contributed by atoms with E-state index in [2.05, 4.69) is 6.92 Å². The lowest BCUT2D eigenvalue weighted by Crippen LogP contribution is -1.99. The third-order valence-electron chi connectivity index (χ3n) is 2.65. The molecule has 0 spiro atoms. The zero-order valence-electron chi connectivity index (χ0n) is 9.84. The molecule has 0 amide bonds. The van der Waals surface area contributed by atoms with Gasteiger partial charge in [-0.15, -0.1) is 0 Å². The smallest absolute Gasteiger partial charge is 0.162 e. The van der Waals surface area contributed by atoms with Gasteiger partial charge in [-0.25, -0.2) is 4.39 Å². The number of Topliss-reactive ketones (excluding diaryl/α,β-unsaturated/α-hetero) is 1. The molecule has 0 heterocycles. The van der Waals surface area contributed by atoms with Gasteiger partial charge in [0.15, 0.2) is 5.78 Å². The fourth-order valence-corrected chi connectivity index (χ4v) is 1.70. The second-order valence-electron chi connectivity index (χ2n) is 4.10. The predicted molar refractivity (Wildman–Crippen MR) is 64.1 cm³/mol. The highest BCUT2D eigenvalue weighted by molar-refractivity contribution is 5.95. The zero-order valence-corrected chi connectivity index (χ0v) is 9.84. The van der Waals surface area contributed by atoms with Crippen LogP contribution >= 0.6 is 0 Å². The first-order valence-electron chi connectivity index (χ1n) is 6.03.